The van der Waals surface area contributed by atoms with E-state index in [9.17, 15) is 31.2 Å². The number of carbonyl (C=O) groups is 2. The third-order valence-corrected chi connectivity index (χ3v) is 4.82. The number of sulfone groups is 1. The first-order valence-corrected chi connectivity index (χ1v) is 7.73. The SMILES string of the molecule is O=C(O)c1cnn(C2CCS(=O)(=O)C2)c1NC(=O)C(F)(F)F. The lowest BCUT2D eigenvalue weighted by Crippen LogP contribution is -2.32. The molecule has 1 aromatic heterocycles. The summed E-state index contributed by atoms with van der Waals surface area (Å²) in [5.41, 5.74) is -0.651. The number of carboxylic acid groups (broad SMARTS) is 1. The van der Waals surface area contributed by atoms with Crippen LogP contribution in [0.2, 0.25) is 0 Å². The second kappa shape index (κ2) is 5.26. The Bertz CT molecular complexity index is 725. The standard InChI is InChI=1S/C10H10F3N3O5S/c11-10(12,13)9(19)15-7-6(8(17)18)3-14-16(7)5-1-2-22(20,21)4-5/h3,5H,1-2,4H2,(H,15,19)(H,17,18). The van der Waals surface area contributed by atoms with Crippen molar-refractivity contribution in [2.24, 2.45) is 0 Å². The van der Waals surface area contributed by atoms with Gasteiger partial charge in [0.2, 0.25) is 0 Å². The number of aromatic nitrogens is 2. The second-order valence-corrected chi connectivity index (χ2v) is 6.89. The summed E-state index contributed by atoms with van der Waals surface area (Å²) in [6.07, 6.45) is -4.39. The van der Waals surface area contributed by atoms with Crippen LogP contribution in [0.5, 0.6) is 0 Å². The lowest BCUT2D eigenvalue weighted by Gasteiger charge is -2.15. The molecule has 2 N–H and O–H groups in total. The van der Waals surface area contributed by atoms with Crippen molar-refractivity contribution in [3.05, 3.63) is 11.8 Å². The maximum absolute atomic E-state index is 12.3. The Morgan fingerprint density at radius 2 is 2.05 bits per heavy atom. The van der Waals surface area contributed by atoms with Crippen LogP contribution in [0.15, 0.2) is 6.20 Å². The first-order chi connectivity index (χ1) is 10.0. The number of carbonyl (C=O) groups excluding carboxylic acids is 1. The molecule has 22 heavy (non-hydrogen) atoms. The van der Waals surface area contributed by atoms with Gasteiger partial charge in [-0.05, 0) is 6.42 Å². The van der Waals surface area contributed by atoms with Gasteiger partial charge in [-0.25, -0.2) is 17.9 Å². The van der Waals surface area contributed by atoms with E-state index in [-0.39, 0.29) is 17.9 Å². The third kappa shape index (κ3) is 3.21. The van der Waals surface area contributed by atoms with E-state index in [1.165, 1.54) is 5.32 Å². The van der Waals surface area contributed by atoms with E-state index < -0.39 is 45.3 Å². The highest BCUT2D eigenvalue weighted by atomic mass is 32.2. The van der Waals surface area contributed by atoms with Crippen LogP contribution in [0.4, 0.5) is 19.0 Å². The van der Waals surface area contributed by atoms with E-state index in [1.807, 2.05) is 0 Å². The molecule has 2 heterocycles. The number of nitrogens with one attached hydrogen (secondary N) is 1. The quantitative estimate of drug-likeness (QED) is 0.824. The van der Waals surface area contributed by atoms with Gasteiger partial charge in [-0.15, -0.1) is 0 Å². The van der Waals surface area contributed by atoms with Crippen molar-refractivity contribution in [1.82, 2.24) is 9.78 Å². The van der Waals surface area contributed by atoms with Crippen LogP contribution in [0.25, 0.3) is 0 Å². The zero-order valence-electron chi connectivity index (χ0n) is 10.8. The zero-order chi connectivity index (χ0) is 16.7. The Labute approximate surface area is 121 Å². The number of alkyl halides is 3. The number of carboxylic acids is 1. The van der Waals surface area contributed by atoms with Crippen LogP contribution in [0.3, 0.4) is 0 Å². The van der Waals surface area contributed by atoms with Gasteiger partial charge in [0, 0.05) is 0 Å². The monoisotopic (exact) mass is 341 g/mol. The Kier molecular flexibility index (Phi) is 3.89. The van der Waals surface area contributed by atoms with Gasteiger partial charge >= 0.3 is 18.1 Å². The molecule has 0 aliphatic carbocycles. The van der Waals surface area contributed by atoms with Crippen LogP contribution < -0.4 is 5.32 Å². The Morgan fingerprint density at radius 1 is 1.41 bits per heavy atom. The molecular weight excluding hydrogens is 331 g/mol. The largest absolute Gasteiger partial charge is 0.477 e. The van der Waals surface area contributed by atoms with Crippen molar-refractivity contribution in [3.63, 3.8) is 0 Å². The van der Waals surface area contributed by atoms with Gasteiger partial charge < -0.3 is 10.4 Å². The molecule has 8 nitrogen and oxygen atoms in total. The number of halogens is 3. The minimum absolute atomic E-state index is 0.0674. The molecule has 1 aliphatic heterocycles. The van der Waals surface area contributed by atoms with Gasteiger partial charge in [0.15, 0.2) is 9.84 Å². The second-order valence-electron chi connectivity index (χ2n) is 4.67. The fourth-order valence-corrected chi connectivity index (χ4v) is 3.76. The summed E-state index contributed by atoms with van der Waals surface area (Å²) in [6, 6.07) is -0.832. The van der Waals surface area contributed by atoms with Crippen molar-refractivity contribution in [1.29, 1.82) is 0 Å². The topological polar surface area (TPSA) is 118 Å². The van der Waals surface area contributed by atoms with Crippen LogP contribution in [-0.4, -0.2) is 52.9 Å². The number of hydrogen-bond donors (Lipinski definition) is 2. The van der Waals surface area contributed by atoms with Gasteiger partial charge in [0.05, 0.1) is 23.7 Å². The summed E-state index contributed by atoms with van der Waals surface area (Å²) in [5, 5.41) is 14.0. The Balaban J connectivity index is 2.40. The molecule has 0 saturated carbocycles. The molecule has 1 saturated heterocycles. The minimum Gasteiger partial charge on any atom is -0.477 e. The molecule has 1 unspecified atom stereocenters. The molecule has 122 valence electrons. The van der Waals surface area contributed by atoms with E-state index in [4.69, 9.17) is 5.11 Å². The number of amides is 1. The number of nitrogens with zero attached hydrogens (tertiary/aromatic N) is 2. The van der Waals surface area contributed by atoms with Gasteiger partial charge in [0.25, 0.3) is 0 Å². The van der Waals surface area contributed by atoms with E-state index in [0.717, 1.165) is 10.9 Å². The number of rotatable bonds is 3. The van der Waals surface area contributed by atoms with Gasteiger partial charge in [-0.3, -0.25) is 4.79 Å². The molecule has 2 rings (SSSR count). The molecule has 0 radical (unpaired) electrons. The van der Waals surface area contributed by atoms with Crippen molar-refractivity contribution < 1.29 is 36.3 Å². The van der Waals surface area contributed by atoms with Gasteiger partial charge in [-0.1, -0.05) is 0 Å². The summed E-state index contributed by atoms with van der Waals surface area (Å²) in [4.78, 5) is 22.0. The molecular formula is C10H10F3N3O5S. The maximum atomic E-state index is 12.3. The predicted octanol–water partition coefficient (Wildman–Crippen LogP) is 0.442. The van der Waals surface area contributed by atoms with Crippen molar-refractivity contribution in [2.45, 2.75) is 18.6 Å². The van der Waals surface area contributed by atoms with Crippen LogP contribution >= 0.6 is 0 Å². The molecule has 12 heteroatoms. The summed E-state index contributed by atoms with van der Waals surface area (Å²) >= 11 is 0. The Hall–Kier alpha value is -2.11. The van der Waals surface area contributed by atoms with E-state index in [1.54, 1.807) is 0 Å². The first-order valence-electron chi connectivity index (χ1n) is 5.90. The van der Waals surface area contributed by atoms with Gasteiger partial charge in [-0.2, -0.15) is 18.3 Å². The fourth-order valence-electron chi connectivity index (χ4n) is 2.07. The van der Waals surface area contributed by atoms with Crippen LogP contribution in [-0.2, 0) is 14.6 Å². The van der Waals surface area contributed by atoms with E-state index in [0.29, 0.717) is 0 Å². The molecule has 1 fully saturated rings. The average Bonchev–Trinajstić information content (AvgIpc) is 2.91. The predicted molar refractivity (Wildman–Crippen MR) is 66.2 cm³/mol. The highest BCUT2D eigenvalue weighted by Gasteiger charge is 2.41. The summed E-state index contributed by atoms with van der Waals surface area (Å²) in [7, 11) is -3.37. The summed E-state index contributed by atoms with van der Waals surface area (Å²) < 4.78 is 60.6. The minimum atomic E-state index is -5.22. The molecule has 0 bridgehead atoms. The lowest BCUT2D eigenvalue weighted by molar-refractivity contribution is -0.167. The number of aromatic carboxylic acids is 1. The van der Waals surface area contributed by atoms with Crippen LogP contribution in [0.1, 0.15) is 22.8 Å². The van der Waals surface area contributed by atoms with E-state index >= 15 is 0 Å². The van der Waals surface area contributed by atoms with Crippen molar-refractivity contribution in [3.8, 4) is 0 Å². The highest BCUT2D eigenvalue weighted by molar-refractivity contribution is 7.91. The van der Waals surface area contributed by atoms with Crippen LogP contribution in [0, 0.1) is 0 Å². The molecule has 1 aromatic rings. The lowest BCUT2D eigenvalue weighted by atomic mass is 10.2. The molecule has 0 aromatic carbocycles. The van der Waals surface area contributed by atoms with Crippen molar-refractivity contribution in [2.75, 3.05) is 16.8 Å². The molecule has 1 atom stereocenters. The van der Waals surface area contributed by atoms with Gasteiger partial charge in [0.1, 0.15) is 11.4 Å². The smallest absolute Gasteiger partial charge is 0.471 e. The summed E-state index contributed by atoms with van der Waals surface area (Å²) in [6.45, 7) is 0. The Morgan fingerprint density at radius 3 is 2.50 bits per heavy atom. The van der Waals surface area contributed by atoms with E-state index in [2.05, 4.69) is 5.10 Å². The third-order valence-electron chi connectivity index (χ3n) is 3.07. The number of anilines is 1. The zero-order valence-corrected chi connectivity index (χ0v) is 11.6. The molecule has 1 amide bonds. The first kappa shape index (κ1) is 16.3. The molecule has 0 spiro atoms. The average molecular weight is 341 g/mol. The fraction of sp³-hybridized carbons (Fsp3) is 0.500. The van der Waals surface area contributed by atoms with Crippen molar-refractivity contribution >= 4 is 27.5 Å². The number of hydrogen-bond acceptors (Lipinski definition) is 5. The molecule has 1 aliphatic rings. The highest BCUT2D eigenvalue weighted by Crippen LogP contribution is 2.29. The maximum Gasteiger partial charge on any atom is 0.471 e. The summed E-state index contributed by atoms with van der Waals surface area (Å²) in [5.74, 6) is -5.21. The normalized spacial score (nSPS) is 20.8.